The molecule has 0 fully saturated rings. The van der Waals surface area contributed by atoms with Crippen LogP contribution in [0.3, 0.4) is 0 Å². The molecule has 0 radical (unpaired) electrons. The van der Waals surface area contributed by atoms with Crippen molar-refractivity contribution in [1.29, 1.82) is 0 Å². The summed E-state index contributed by atoms with van der Waals surface area (Å²) in [5.74, 6) is -2.43. The molecular weight excluding hydrogens is 281 g/mol. The molecule has 0 unspecified atom stereocenters. The molecule has 7 nitrogen and oxygen atoms in total. The summed E-state index contributed by atoms with van der Waals surface area (Å²) in [6.07, 6.45) is 2.09. The second-order valence-corrected chi connectivity index (χ2v) is 3.99. The fourth-order valence-corrected chi connectivity index (χ4v) is 1.50. The van der Waals surface area contributed by atoms with Crippen LogP contribution in [0.25, 0.3) is 6.08 Å². The monoisotopic (exact) mass is 291 g/mol. The smallest absolute Gasteiger partial charge is 0.328 e. The van der Waals surface area contributed by atoms with Gasteiger partial charge in [0.05, 0.1) is 5.56 Å². The molecule has 2 aromatic rings. The quantitative estimate of drug-likeness (QED) is 0.833. The normalized spacial score (nSPS) is 10.8. The molecule has 0 saturated heterocycles. The van der Waals surface area contributed by atoms with Gasteiger partial charge in [0.15, 0.2) is 0 Å². The van der Waals surface area contributed by atoms with Crippen molar-refractivity contribution in [1.82, 2.24) is 10.2 Å². The van der Waals surface area contributed by atoms with Crippen LogP contribution in [-0.2, 0) is 4.79 Å². The van der Waals surface area contributed by atoms with Crippen molar-refractivity contribution in [3.63, 3.8) is 0 Å². The van der Waals surface area contributed by atoms with Gasteiger partial charge in [0, 0.05) is 13.0 Å². The van der Waals surface area contributed by atoms with Crippen LogP contribution >= 0.6 is 0 Å². The first-order valence-corrected chi connectivity index (χ1v) is 5.78. The number of aliphatic carboxylic acids is 1. The highest BCUT2D eigenvalue weighted by Crippen LogP contribution is 2.14. The number of nitrogens with zero attached hydrogens (tertiary/aromatic N) is 2. The molecule has 1 amide bonds. The average molecular weight is 291 g/mol. The Morgan fingerprint density at radius 3 is 2.71 bits per heavy atom. The molecule has 0 aliphatic heterocycles. The Morgan fingerprint density at radius 2 is 2.14 bits per heavy atom. The standard InChI is InChI=1S/C13H10FN3O4/c1-7-16-17-13(21-7)15-12(20)9-4-2-8(6-10(9)14)3-5-11(18)19/h2-6H,1H3,(H,18,19)(H,15,17,20)/b5-3+. The molecule has 0 saturated carbocycles. The van der Waals surface area contributed by atoms with Gasteiger partial charge >= 0.3 is 12.0 Å². The third-order valence-corrected chi connectivity index (χ3v) is 2.40. The molecule has 2 rings (SSSR count). The van der Waals surface area contributed by atoms with Crippen LogP contribution in [0.15, 0.2) is 28.7 Å². The van der Waals surface area contributed by atoms with Crippen molar-refractivity contribution >= 4 is 24.0 Å². The Labute approximate surface area is 118 Å². The van der Waals surface area contributed by atoms with Gasteiger partial charge in [0.1, 0.15) is 5.82 Å². The molecule has 0 bridgehead atoms. The van der Waals surface area contributed by atoms with E-state index in [0.717, 1.165) is 12.1 Å². The van der Waals surface area contributed by atoms with E-state index in [1.54, 1.807) is 6.92 Å². The van der Waals surface area contributed by atoms with Crippen LogP contribution in [-0.4, -0.2) is 27.2 Å². The van der Waals surface area contributed by atoms with E-state index >= 15 is 0 Å². The van der Waals surface area contributed by atoms with Crippen molar-refractivity contribution in [2.24, 2.45) is 0 Å². The van der Waals surface area contributed by atoms with Crippen LogP contribution in [0.4, 0.5) is 10.4 Å². The van der Waals surface area contributed by atoms with Gasteiger partial charge < -0.3 is 9.52 Å². The minimum absolute atomic E-state index is 0.133. The first kappa shape index (κ1) is 14.4. The van der Waals surface area contributed by atoms with Gasteiger partial charge in [0.25, 0.3) is 5.91 Å². The topological polar surface area (TPSA) is 105 Å². The second-order valence-electron chi connectivity index (χ2n) is 3.99. The van der Waals surface area contributed by atoms with Crippen molar-refractivity contribution in [3.8, 4) is 0 Å². The number of rotatable bonds is 4. The number of hydrogen-bond donors (Lipinski definition) is 2. The number of carbonyl (C=O) groups is 2. The fourth-order valence-electron chi connectivity index (χ4n) is 1.50. The van der Waals surface area contributed by atoms with E-state index in [-0.39, 0.29) is 17.5 Å². The predicted molar refractivity (Wildman–Crippen MR) is 70.1 cm³/mol. The predicted octanol–water partition coefficient (Wildman–Crippen LogP) is 1.87. The van der Waals surface area contributed by atoms with Gasteiger partial charge in [-0.1, -0.05) is 11.2 Å². The summed E-state index contributed by atoms with van der Waals surface area (Å²) in [6.45, 7) is 1.55. The highest BCUT2D eigenvalue weighted by atomic mass is 19.1. The fraction of sp³-hybridized carbons (Fsp3) is 0.0769. The van der Waals surface area contributed by atoms with Crippen LogP contribution < -0.4 is 5.32 Å². The Morgan fingerprint density at radius 1 is 1.38 bits per heavy atom. The summed E-state index contributed by atoms with van der Waals surface area (Å²) in [6, 6.07) is 3.56. The minimum atomic E-state index is -1.15. The summed E-state index contributed by atoms with van der Waals surface area (Å²) >= 11 is 0. The van der Waals surface area contributed by atoms with Crippen molar-refractivity contribution in [3.05, 3.63) is 47.1 Å². The first-order valence-electron chi connectivity index (χ1n) is 5.78. The van der Waals surface area contributed by atoms with E-state index in [4.69, 9.17) is 9.52 Å². The number of carbonyl (C=O) groups excluding carboxylic acids is 1. The lowest BCUT2D eigenvalue weighted by Gasteiger charge is -2.03. The van der Waals surface area contributed by atoms with Crippen LogP contribution in [0.5, 0.6) is 0 Å². The molecular formula is C13H10FN3O4. The van der Waals surface area contributed by atoms with E-state index in [0.29, 0.717) is 5.56 Å². The number of anilines is 1. The number of aromatic nitrogens is 2. The molecule has 2 N–H and O–H groups in total. The number of carboxylic acids is 1. The van der Waals surface area contributed by atoms with E-state index < -0.39 is 17.7 Å². The lowest BCUT2D eigenvalue weighted by molar-refractivity contribution is -0.131. The van der Waals surface area contributed by atoms with E-state index in [1.165, 1.54) is 18.2 Å². The SMILES string of the molecule is Cc1nnc(NC(=O)c2ccc(/C=C/C(=O)O)cc2F)o1. The maximum Gasteiger partial charge on any atom is 0.328 e. The van der Waals surface area contributed by atoms with Gasteiger partial charge in [-0.05, 0) is 23.8 Å². The molecule has 8 heteroatoms. The zero-order valence-corrected chi connectivity index (χ0v) is 10.8. The maximum atomic E-state index is 13.8. The zero-order chi connectivity index (χ0) is 15.4. The number of amides is 1. The first-order chi connectivity index (χ1) is 9.95. The summed E-state index contributed by atoms with van der Waals surface area (Å²) in [4.78, 5) is 22.2. The molecule has 1 aromatic carbocycles. The summed E-state index contributed by atoms with van der Waals surface area (Å²) in [5.41, 5.74) is 0.0958. The lowest BCUT2D eigenvalue weighted by Crippen LogP contribution is -2.14. The molecule has 0 atom stereocenters. The zero-order valence-electron chi connectivity index (χ0n) is 10.8. The number of nitrogens with one attached hydrogen (secondary N) is 1. The minimum Gasteiger partial charge on any atom is -0.478 e. The van der Waals surface area contributed by atoms with E-state index in [1.807, 2.05) is 0 Å². The molecule has 0 spiro atoms. The molecule has 1 aromatic heterocycles. The van der Waals surface area contributed by atoms with Gasteiger partial charge in [0.2, 0.25) is 5.89 Å². The van der Waals surface area contributed by atoms with E-state index in [2.05, 4.69) is 15.5 Å². The number of carboxylic acid groups (broad SMARTS) is 1. The second kappa shape index (κ2) is 5.95. The van der Waals surface area contributed by atoms with Crippen molar-refractivity contribution in [2.45, 2.75) is 6.92 Å². The number of hydrogen-bond acceptors (Lipinski definition) is 5. The number of aryl methyl sites for hydroxylation is 1. The summed E-state index contributed by atoms with van der Waals surface area (Å²) in [7, 11) is 0. The summed E-state index contributed by atoms with van der Waals surface area (Å²) in [5, 5.41) is 17.8. The molecule has 21 heavy (non-hydrogen) atoms. The van der Waals surface area contributed by atoms with Gasteiger partial charge in [-0.15, -0.1) is 5.10 Å². The highest BCUT2D eigenvalue weighted by molar-refractivity contribution is 6.03. The Balaban J connectivity index is 2.16. The number of benzene rings is 1. The van der Waals surface area contributed by atoms with Crippen molar-refractivity contribution in [2.75, 3.05) is 5.32 Å². The van der Waals surface area contributed by atoms with Crippen LogP contribution in [0.1, 0.15) is 21.8 Å². The molecule has 0 aliphatic rings. The van der Waals surface area contributed by atoms with Crippen LogP contribution in [0.2, 0.25) is 0 Å². The molecule has 1 heterocycles. The molecule has 0 aliphatic carbocycles. The van der Waals surface area contributed by atoms with E-state index in [9.17, 15) is 14.0 Å². The Kier molecular flexibility index (Phi) is 4.07. The largest absolute Gasteiger partial charge is 0.478 e. The third kappa shape index (κ3) is 3.72. The van der Waals surface area contributed by atoms with Gasteiger partial charge in [-0.2, -0.15) is 0 Å². The van der Waals surface area contributed by atoms with Crippen LogP contribution in [0, 0.1) is 12.7 Å². The van der Waals surface area contributed by atoms with Gasteiger partial charge in [-0.25, -0.2) is 9.18 Å². The number of halogens is 1. The lowest BCUT2D eigenvalue weighted by atomic mass is 10.1. The van der Waals surface area contributed by atoms with Gasteiger partial charge in [-0.3, -0.25) is 10.1 Å². The van der Waals surface area contributed by atoms with Crippen molar-refractivity contribution < 1.29 is 23.5 Å². The highest BCUT2D eigenvalue weighted by Gasteiger charge is 2.14. The molecule has 108 valence electrons. The average Bonchev–Trinajstić information content (AvgIpc) is 2.81. The summed E-state index contributed by atoms with van der Waals surface area (Å²) < 4.78 is 18.8. The third-order valence-electron chi connectivity index (χ3n) is 2.40. The Bertz CT molecular complexity index is 724. The maximum absolute atomic E-state index is 13.8. The Hall–Kier alpha value is -3.03.